The van der Waals surface area contributed by atoms with Crippen molar-refractivity contribution in [2.45, 2.75) is 32.9 Å². The molecule has 1 aromatic rings. The molecular formula is C13H16N2O. The van der Waals surface area contributed by atoms with Gasteiger partial charge >= 0.3 is 0 Å². The van der Waals surface area contributed by atoms with Gasteiger partial charge < -0.3 is 4.90 Å². The van der Waals surface area contributed by atoms with E-state index < -0.39 is 0 Å². The molecule has 0 spiro atoms. The first-order valence-electron chi connectivity index (χ1n) is 5.49. The van der Waals surface area contributed by atoms with E-state index in [2.05, 4.69) is 17.6 Å². The second kappa shape index (κ2) is 4.08. The predicted molar refractivity (Wildman–Crippen MR) is 62.9 cm³/mol. The molecule has 3 heteroatoms. The molecule has 0 radical (unpaired) electrons. The lowest BCUT2D eigenvalue weighted by molar-refractivity contribution is -0.129. The largest absolute Gasteiger partial charge is 0.332 e. The maximum Gasteiger partial charge on any atom is 0.246 e. The zero-order chi connectivity index (χ0) is 11.7. The van der Waals surface area contributed by atoms with Crippen LogP contribution >= 0.6 is 0 Å². The molecule has 0 aliphatic carbocycles. The highest BCUT2D eigenvalue weighted by molar-refractivity contribution is 5.87. The number of carbonyl (C=O) groups is 1. The van der Waals surface area contributed by atoms with Crippen LogP contribution in [-0.4, -0.2) is 21.8 Å². The summed E-state index contributed by atoms with van der Waals surface area (Å²) in [4.78, 5) is 17.9. The topological polar surface area (TPSA) is 33.2 Å². The van der Waals surface area contributed by atoms with E-state index in [0.29, 0.717) is 6.54 Å². The molecule has 0 saturated heterocycles. The Bertz CT molecular complexity index is 440. The van der Waals surface area contributed by atoms with E-state index in [1.807, 2.05) is 24.9 Å². The third-order valence-electron chi connectivity index (χ3n) is 3.02. The number of fused-ring (bicyclic) bond motifs is 1. The van der Waals surface area contributed by atoms with Crippen LogP contribution < -0.4 is 0 Å². The number of amides is 1. The summed E-state index contributed by atoms with van der Waals surface area (Å²) in [6, 6.07) is 2.31. The van der Waals surface area contributed by atoms with Crippen molar-refractivity contribution in [2.24, 2.45) is 0 Å². The summed E-state index contributed by atoms with van der Waals surface area (Å²) in [5.41, 5.74) is 3.42. The number of carbonyl (C=O) groups excluding carboxylic acids is 1. The van der Waals surface area contributed by atoms with Crippen LogP contribution in [0, 0.1) is 6.92 Å². The van der Waals surface area contributed by atoms with Crippen LogP contribution in [0.3, 0.4) is 0 Å². The fourth-order valence-corrected chi connectivity index (χ4v) is 2.12. The van der Waals surface area contributed by atoms with Crippen molar-refractivity contribution in [2.75, 3.05) is 0 Å². The number of nitrogens with zero attached hydrogens (tertiary/aromatic N) is 2. The normalized spacial score (nSPS) is 19.1. The molecular weight excluding hydrogens is 200 g/mol. The number of aryl methyl sites for hydroxylation is 1. The Hall–Kier alpha value is -1.64. The molecule has 1 amide bonds. The number of hydrogen-bond donors (Lipinski definition) is 0. The molecule has 1 atom stereocenters. The van der Waals surface area contributed by atoms with Crippen molar-refractivity contribution in [1.82, 2.24) is 9.88 Å². The highest BCUT2D eigenvalue weighted by Gasteiger charge is 2.25. The van der Waals surface area contributed by atoms with E-state index in [-0.39, 0.29) is 11.9 Å². The summed E-state index contributed by atoms with van der Waals surface area (Å²) in [6.07, 6.45) is 4.09. The molecule has 1 aromatic heterocycles. The smallest absolute Gasteiger partial charge is 0.246 e. The van der Waals surface area contributed by atoms with Crippen LogP contribution in [0.2, 0.25) is 0 Å². The first kappa shape index (κ1) is 10.9. The molecule has 0 aromatic carbocycles. The number of hydrogen-bond acceptors (Lipinski definition) is 2. The van der Waals surface area contributed by atoms with Crippen molar-refractivity contribution >= 4 is 5.91 Å². The Morgan fingerprint density at radius 1 is 1.69 bits per heavy atom. The van der Waals surface area contributed by atoms with E-state index in [0.717, 1.165) is 23.2 Å². The van der Waals surface area contributed by atoms with Gasteiger partial charge in [0.15, 0.2) is 0 Å². The Morgan fingerprint density at radius 2 is 2.44 bits per heavy atom. The van der Waals surface area contributed by atoms with Crippen LogP contribution in [0.4, 0.5) is 0 Å². The lowest BCUT2D eigenvalue weighted by atomic mass is 9.98. The summed E-state index contributed by atoms with van der Waals surface area (Å²) < 4.78 is 0. The average Bonchev–Trinajstić information content (AvgIpc) is 2.28. The third-order valence-corrected chi connectivity index (χ3v) is 3.02. The van der Waals surface area contributed by atoms with Gasteiger partial charge in [-0.05, 0) is 31.1 Å². The van der Waals surface area contributed by atoms with Gasteiger partial charge in [-0.25, -0.2) is 0 Å². The quantitative estimate of drug-likeness (QED) is 0.671. The molecule has 3 nitrogen and oxygen atoms in total. The number of rotatable bonds is 1. The van der Waals surface area contributed by atoms with Gasteiger partial charge in [0.25, 0.3) is 0 Å². The van der Waals surface area contributed by atoms with Crippen molar-refractivity contribution in [1.29, 1.82) is 0 Å². The van der Waals surface area contributed by atoms with Crippen molar-refractivity contribution in [3.63, 3.8) is 0 Å². The zero-order valence-electron chi connectivity index (χ0n) is 9.73. The Kier molecular flexibility index (Phi) is 2.77. The number of pyridine rings is 1. The lowest BCUT2D eigenvalue weighted by Gasteiger charge is -2.33. The van der Waals surface area contributed by atoms with Gasteiger partial charge in [0.1, 0.15) is 0 Å². The van der Waals surface area contributed by atoms with Gasteiger partial charge in [-0.1, -0.05) is 12.6 Å². The van der Waals surface area contributed by atoms with Crippen molar-refractivity contribution in [3.8, 4) is 0 Å². The van der Waals surface area contributed by atoms with Crippen LogP contribution in [-0.2, 0) is 17.8 Å². The van der Waals surface area contributed by atoms with Crippen LogP contribution in [0.5, 0.6) is 0 Å². The fraction of sp³-hybridized carbons (Fsp3) is 0.385. The van der Waals surface area contributed by atoms with Gasteiger partial charge in [-0.3, -0.25) is 9.78 Å². The van der Waals surface area contributed by atoms with E-state index >= 15 is 0 Å². The zero-order valence-corrected chi connectivity index (χ0v) is 9.73. The van der Waals surface area contributed by atoms with E-state index in [9.17, 15) is 4.79 Å². The Morgan fingerprint density at radius 3 is 3.12 bits per heavy atom. The first-order valence-corrected chi connectivity index (χ1v) is 5.49. The second-order valence-electron chi connectivity index (χ2n) is 4.34. The SMILES string of the molecule is C=CC(=O)N1Cc2cc(C)cnc2CC1C. The molecule has 0 bridgehead atoms. The lowest BCUT2D eigenvalue weighted by Crippen LogP contribution is -2.42. The van der Waals surface area contributed by atoms with Gasteiger partial charge in [-0.15, -0.1) is 0 Å². The molecule has 2 rings (SSSR count). The summed E-state index contributed by atoms with van der Waals surface area (Å²) in [6.45, 7) is 8.25. The van der Waals surface area contributed by atoms with Crippen molar-refractivity contribution in [3.05, 3.63) is 41.7 Å². The molecule has 16 heavy (non-hydrogen) atoms. The molecule has 2 heterocycles. The fourth-order valence-electron chi connectivity index (χ4n) is 2.12. The minimum Gasteiger partial charge on any atom is -0.332 e. The highest BCUT2D eigenvalue weighted by Crippen LogP contribution is 2.22. The van der Waals surface area contributed by atoms with Gasteiger partial charge in [-0.2, -0.15) is 0 Å². The highest BCUT2D eigenvalue weighted by atomic mass is 16.2. The second-order valence-corrected chi connectivity index (χ2v) is 4.34. The summed E-state index contributed by atoms with van der Waals surface area (Å²) in [7, 11) is 0. The van der Waals surface area contributed by atoms with E-state index in [4.69, 9.17) is 0 Å². The van der Waals surface area contributed by atoms with Gasteiger partial charge in [0.05, 0.1) is 0 Å². The monoisotopic (exact) mass is 216 g/mol. The summed E-state index contributed by atoms with van der Waals surface area (Å²) in [5, 5.41) is 0. The summed E-state index contributed by atoms with van der Waals surface area (Å²) in [5.74, 6) is -0.000318. The third kappa shape index (κ3) is 1.85. The van der Waals surface area contributed by atoms with Crippen LogP contribution in [0.25, 0.3) is 0 Å². The number of aromatic nitrogens is 1. The molecule has 1 aliphatic heterocycles. The Labute approximate surface area is 95.8 Å². The maximum absolute atomic E-state index is 11.7. The molecule has 0 saturated carbocycles. The van der Waals surface area contributed by atoms with Gasteiger partial charge in [0, 0.05) is 30.9 Å². The van der Waals surface area contributed by atoms with Crippen LogP contribution in [0.1, 0.15) is 23.7 Å². The first-order chi connectivity index (χ1) is 7.61. The molecule has 1 unspecified atom stereocenters. The predicted octanol–water partition coefficient (Wildman–Crippen LogP) is 1.85. The molecule has 0 fully saturated rings. The van der Waals surface area contributed by atoms with Crippen molar-refractivity contribution < 1.29 is 4.79 Å². The molecule has 0 N–H and O–H groups in total. The summed E-state index contributed by atoms with van der Waals surface area (Å²) >= 11 is 0. The minimum atomic E-state index is -0.000318. The Balaban J connectivity index is 2.32. The standard InChI is InChI=1S/C13H16N2O/c1-4-13(16)15-8-11-5-9(2)7-14-12(11)6-10(15)3/h4-5,7,10H,1,6,8H2,2-3H3. The average molecular weight is 216 g/mol. The minimum absolute atomic E-state index is 0.000318. The molecule has 84 valence electrons. The van der Waals surface area contributed by atoms with Crippen LogP contribution in [0.15, 0.2) is 24.9 Å². The van der Waals surface area contributed by atoms with Gasteiger partial charge in [0.2, 0.25) is 5.91 Å². The van der Waals surface area contributed by atoms with E-state index in [1.54, 1.807) is 0 Å². The van der Waals surface area contributed by atoms with E-state index in [1.165, 1.54) is 6.08 Å². The molecule has 1 aliphatic rings. The maximum atomic E-state index is 11.7.